The third-order valence-electron chi connectivity index (χ3n) is 4.41. The number of rotatable bonds is 8. The van der Waals surface area contributed by atoms with E-state index in [1.54, 1.807) is 36.4 Å². The number of benzene rings is 2. The molecule has 0 atom stereocenters. The lowest BCUT2D eigenvalue weighted by Crippen LogP contribution is -2.33. The van der Waals surface area contributed by atoms with Crippen molar-refractivity contribution in [1.82, 2.24) is 4.90 Å². The van der Waals surface area contributed by atoms with Crippen molar-refractivity contribution in [2.75, 3.05) is 30.3 Å². The second-order valence-electron chi connectivity index (χ2n) is 6.53. The number of aryl methyl sites for hydroxylation is 1. The van der Waals surface area contributed by atoms with E-state index in [1.807, 2.05) is 31.7 Å². The van der Waals surface area contributed by atoms with Crippen LogP contribution in [0.2, 0.25) is 10.0 Å². The van der Waals surface area contributed by atoms with Gasteiger partial charge in [0.2, 0.25) is 11.8 Å². The second kappa shape index (κ2) is 11.0. The van der Waals surface area contributed by atoms with Crippen molar-refractivity contribution in [3.63, 3.8) is 0 Å². The van der Waals surface area contributed by atoms with E-state index in [4.69, 9.17) is 23.2 Å². The average molecular weight is 434 g/mol. The summed E-state index contributed by atoms with van der Waals surface area (Å²) in [7, 11) is 0. The molecule has 2 aromatic rings. The molecule has 2 amide bonds. The van der Waals surface area contributed by atoms with Gasteiger partial charge in [-0.15, -0.1) is 0 Å². The van der Waals surface area contributed by atoms with Gasteiger partial charge in [0.25, 0.3) is 0 Å². The van der Waals surface area contributed by atoms with Gasteiger partial charge in [-0.05, 0) is 67.5 Å². The van der Waals surface area contributed by atoms with E-state index < -0.39 is 0 Å². The number of nitrogens with zero attached hydrogens (tertiary/aromatic N) is 1. The van der Waals surface area contributed by atoms with Crippen LogP contribution in [0.25, 0.3) is 6.08 Å². The summed E-state index contributed by atoms with van der Waals surface area (Å²) < 4.78 is 0. The maximum absolute atomic E-state index is 12.2. The number of likely N-dealkylation sites (N-methyl/N-ethyl adjacent to an activating group) is 1. The summed E-state index contributed by atoms with van der Waals surface area (Å²) in [6.07, 6.45) is 3.03. The molecule has 0 bridgehead atoms. The first-order chi connectivity index (χ1) is 13.8. The number of nitrogens with one attached hydrogen (secondary N) is 2. The van der Waals surface area contributed by atoms with Crippen molar-refractivity contribution < 1.29 is 9.59 Å². The molecule has 0 radical (unpaired) electrons. The Morgan fingerprint density at radius 1 is 1.03 bits per heavy atom. The third-order valence-corrected chi connectivity index (χ3v) is 4.97. The second-order valence-corrected chi connectivity index (χ2v) is 7.37. The lowest BCUT2D eigenvalue weighted by molar-refractivity contribution is -0.117. The monoisotopic (exact) mass is 433 g/mol. The van der Waals surface area contributed by atoms with Gasteiger partial charge in [-0.2, -0.15) is 0 Å². The Kier molecular flexibility index (Phi) is 8.70. The first-order valence-corrected chi connectivity index (χ1v) is 10.1. The molecule has 5 nitrogen and oxygen atoms in total. The van der Waals surface area contributed by atoms with Gasteiger partial charge in [0.1, 0.15) is 0 Å². The zero-order valence-corrected chi connectivity index (χ0v) is 18.3. The smallest absolute Gasteiger partial charge is 0.248 e. The summed E-state index contributed by atoms with van der Waals surface area (Å²) in [6, 6.07) is 10.4. The molecule has 2 N–H and O–H groups in total. The lowest BCUT2D eigenvalue weighted by Gasteiger charge is -2.18. The number of carbonyl (C=O) groups is 2. The molecule has 0 aliphatic rings. The Labute approximate surface area is 181 Å². The van der Waals surface area contributed by atoms with Crippen LogP contribution in [0, 0.1) is 6.92 Å². The van der Waals surface area contributed by atoms with E-state index in [9.17, 15) is 9.59 Å². The quantitative estimate of drug-likeness (QED) is 0.559. The maximum atomic E-state index is 12.2. The largest absolute Gasteiger partial charge is 0.325 e. The fourth-order valence-corrected chi connectivity index (χ4v) is 3.18. The van der Waals surface area contributed by atoms with E-state index in [-0.39, 0.29) is 11.8 Å². The number of hydrogen-bond donors (Lipinski definition) is 2. The Morgan fingerprint density at radius 3 is 2.38 bits per heavy atom. The zero-order valence-electron chi connectivity index (χ0n) is 16.8. The van der Waals surface area contributed by atoms with Crippen LogP contribution in [0.4, 0.5) is 11.4 Å². The molecule has 0 saturated carbocycles. The maximum Gasteiger partial charge on any atom is 0.248 e. The van der Waals surface area contributed by atoms with Crippen LogP contribution >= 0.6 is 23.2 Å². The van der Waals surface area contributed by atoms with Crippen LogP contribution in [0.3, 0.4) is 0 Å². The Bertz CT molecular complexity index is 909. The van der Waals surface area contributed by atoms with Crippen LogP contribution in [0.1, 0.15) is 25.0 Å². The van der Waals surface area contributed by atoms with Crippen molar-refractivity contribution in [3.05, 3.63) is 63.6 Å². The van der Waals surface area contributed by atoms with Gasteiger partial charge in [0, 0.05) is 27.5 Å². The standard InChI is InChI=1S/C22H25Cl2N3O2/c1-4-27(5-2)14-22(29)26-20-10-9-18(12-15(20)3)25-21(28)11-7-16-6-8-17(23)13-19(16)24/h6-13H,4-5,14H2,1-3H3,(H,25,28)(H,26,29)/b11-7+. The topological polar surface area (TPSA) is 61.4 Å². The highest BCUT2D eigenvalue weighted by Crippen LogP contribution is 2.22. The Morgan fingerprint density at radius 2 is 1.76 bits per heavy atom. The Hall–Kier alpha value is -2.34. The molecule has 7 heteroatoms. The fourth-order valence-electron chi connectivity index (χ4n) is 2.71. The minimum atomic E-state index is -0.284. The molecule has 0 aromatic heterocycles. The first-order valence-electron chi connectivity index (χ1n) is 9.39. The van der Waals surface area contributed by atoms with E-state index >= 15 is 0 Å². The van der Waals surface area contributed by atoms with Crippen molar-refractivity contribution in [1.29, 1.82) is 0 Å². The summed E-state index contributed by atoms with van der Waals surface area (Å²) >= 11 is 12.0. The number of hydrogen-bond acceptors (Lipinski definition) is 3. The minimum Gasteiger partial charge on any atom is -0.325 e. The van der Waals surface area contributed by atoms with Crippen LogP contribution in [-0.2, 0) is 9.59 Å². The molecule has 0 fully saturated rings. The van der Waals surface area contributed by atoms with Gasteiger partial charge in [-0.3, -0.25) is 14.5 Å². The Balaban J connectivity index is 1.98. The molecule has 29 heavy (non-hydrogen) atoms. The van der Waals surface area contributed by atoms with Crippen LogP contribution in [0.15, 0.2) is 42.5 Å². The molecule has 0 saturated heterocycles. The summed E-state index contributed by atoms with van der Waals surface area (Å²) in [5, 5.41) is 6.73. The first kappa shape index (κ1) is 22.9. The van der Waals surface area contributed by atoms with Crippen molar-refractivity contribution >= 4 is 52.5 Å². The molecule has 2 rings (SSSR count). The molecule has 0 heterocycles. The highest BCUT2D eigenvalue weighted by molar-refractivity contribution is 6.35. The van der Waals surface area contributed by atoms with Gasteiger partial charge >= 0.3 is 0 Å². The van der Waals surface area contributed by atoms with Gasteiger partial charge in [0.05, 0.1) is 6.54 Å². The molecule has 2 aromatic carbocycles. The number of halogens is 2. The van der Waals surface area contributed by atoms with E-state index in [1.165, 1.54) is 6.08 Å². The molecule has 0 spiro atoms. The van der Waals surface area contributed by atoms with Crippen LogP contribution in [0.5, 0.6) is 0 Å². The molecule has 0 aliphatic heterocycles. The predicted molar refractivity (Wildman–Crippen MR) is 122 cm³/mol. The normalized spacial score (nSPS) is 11.1. The van der Waals surface area contributed by atoms with Crippen molar-refractivity contribution in [3.8, 4) is 0 Å². The third kappa shape index (κ3) is 7.20. The van der Waals surface area contributed by atoms with Crippen LogP contribution < -0.4 is 10.6 Å². The predicted octanol–water partition coefficient (Wildman–Crippen LogP) is 5.23. The minimum absolute atomic E-state index is 0.0589. The molecular formula is C22H25Cl2N3O2. The average Bonchev–Trinajstić information content (AvgIpc) is 2.67. The molecule has 154 valence electrons. The highest BCUT2D eigenvalue weighted by Gasteiger charge is 2.09. The van der Waals surface area contributed by atoms with E-state index in [2.05, 4.69) is 10.6 Å². The number of amides is 2. The van der Waals surface area contributed by atoms with Gasteiger partial charge in [-0.1, -0.05) is 43.1 Å². The van der Waals surface area contributed by atoms with E-state index in [0.717, 1.165) is 24.3 Å². The molecular weight excluding hydrogens is 409 g/mol. The van der Waals surface area contributed by atoms with Crippen LogP contribution in [-0.4, -0.2) is 36.3 Å². The van der Waals surface area contributed by atoms with Crippen molar-refractivity contribution in [2.24, 2.45) is 0 Å². The summed E-state index contributed by atoms with van der Waals surface area (Å²) in [4.78, 5) is 26.4. The van der Waals surface area contributed by atoms with Gasteiger partial charge < -0.3 is 10.6 Å². The fraction of sp³-hybridized carbons (Fsp3) is 0.273. The number of anilines is 2. The summed E-state index contributed by atoms with van der Waals surface area (Å²) in [6.45, 7) is 7.92. The zero-order chi connectivity index (χ0) is 21.4. The van der Waals surface area contributed by atoms with Crippen molar-refractivity contribution in [2.45, 2.75) is 20.8 Å². The number of carbonyl (C=O) groups excluding carboxylic acids is 2. The highest BCUT2D eigenvalue weighted by atomic mass is 35.5. The van der Waals surface area contributed by atoms with Gasteiger partial charge in [0.15, 0.2) is 0 Å². The lowest BCUT2D eigenvalue weighted by atomic mass is 10.1. The van der Waals surface area contributed by atoms with E-state index in [0.29, 0.717) is 27.8 Å². The van der Waals surface area contributed by atoms with Gasteiger partial charge in [-0.25, -0.2) is 0 Å². The summed E-state index contributed by atoms with van der Waals surface area (Å²) in [5.74, 6) is -0.343. The SMILES string of the molecule is CCN(CC)CC(=O)Nc1ccc(NC(=O)/C=C/c2ccc(Cl)cc2Cl)cc1C. The molecule has 0 aliphatic carbocycles. The molecule has 0 unspecified atom stereocenters. The summed E-state index contributed by atoms with van der Waals surface area (Å²) in [5.41, 5.74) is 2.93.